The number of fused-ring (bicyclic) bond motifs is 1. The molecule has 142 valence electrons. The highest BCUT2D eigenvalue weighted by atomic mass is 35.5. The van der Waals surface area contributed by atoms with Crippen LogP contribution >= 0.6 is 11.6 Å². The van der Waals surface area contributed by atoms with E-state index in [9.17, 15) is 4.39 Å². The van der Waals surface area contributed by atoms with Gasteiger partial charge in [-0.2, -0.15) is 0 Å². The molecule has 0 radical (unpaired) electrons. The van der Waals surface area contributed by atoms with E-state index in [1.807, 2.05) is 20.8 Å². The predicted molar refractivity (Wildman–Crippen MR) is 101 cm³/mol. The minimum absolute atomic E-state index is 0.0892. The van der Waals surface area contributed by atoms with E-state index in [0.717, 1.165) is 5.82 Å². The number of aromatic nitrogens is 5. The summed E-state index contributed by atoms with van der Waals surface area (Å²) < 4.78 is 21.5. The van der Waals surface area contributed by atoms with Crippen LogP contribution in [-0.2, 0) is 11.3 Å². The van der Waals surface area contributed by atoms with E-state index >= 15 is 0 Å². The summed E-state index contributed by atoms with van der Waals surface area (Å²) in [5.41, 5.74) is 1.51. The Balaban J connectivity index is 1.76. The first-order valence-electron chi connectivity index (χ1n) is 8.83. The standard InChI is InChI=1S/C18H20ClFN6O/c1-10-7-25(8-11(2)27-10)17-16-18(22-12(3)21-17)26(24-23-16)9-13-14(19)5-4-6-15(13)20/h4-6,10-11H,7-9H2,1-3H3/t10-,11+. The third-order valence-corrected chi connectivity index (χ3v) is 4.90. The zero-order chi connectivity index (χ0) is 19.1. The fraction of sp³-hybridized carbons (Fsp3) is 0.444. The quantitative estimate of drug-likeness (QED) is 0.684. The third-order valence-electron chi connectivity index (χ3n) is 4.54. The number of anilines is 1. The van der Waals surface area contributed by atoms with Crippen LogP contribution in [0.15, 0.2) is 18.2 Å². The Morgan fingerprint density at radius 1 is 1.22 bits per heavy atom. The molecule has 0 aliphatic carbocycles. The van der Waals surface area contributed by atoms with Gasteiger partial charge in [-0.1, -0.05) is 22.9 Å². The second-order valence-corrected chi connectivity index (χ2v) is 7.28. The van der Waals surface area contributed by atoms with E-state index in [1.165, 1.54) is 6.07 Å². The van der Waals surface area contributed by atoms with Crippen LogP contribution in [0.25, 0.3) is 11.2 Å². The van der Waals surface area contributed by atoms with Crippen molar-refractivity contribution in [2.75, 3.05) is 18.0 Å². The molecule has 0 saturated carbocycles. The predicted octanol–water partition coefficient (Wildman–Crippen LogP) is 2.98. The molecule has 9 heteroatoms. The van der Waals surface area contributed by atoms with Crippen molar-refractivity contribution in [2.45, 2.75) is 39.5 Å². The van der Waals surface area contributed by atoms with Crippen molar-refractivity contribution in [1.29, 1.82) is 0 Å². The summed E-state index contributed by atoms with van der Waals surface area (Å²) >= 11 is 6.16. The van der Waals surface area contributed by atoms with Crippen molar-refractivity contribution < 1.29 is 9.13 Å². The largest absolute Gasteiger partial charge is 0.372 e. The fourth-order valence-corrected chi connectivity index (χ4v) is 3.68. The fourth-order valence-electron chi connectivity index (χ4n) is 3.46. The van der Waals surface area contributed by atoms with Gasteiger partial charge in [0.1, 0.15) is 11.6 Å². The highest BCUT2D eigenvalue weighted by Gasteiger charge is 2.27. The van der Waals surface area contributed by atoms with Gasteiger partial charge in [-0.3, -0.25) is 0 Å². The van der Waals surface area contributed by atoms with Gasteiger partial charge in [0.15, 0.2) is 17.0 Å². The molecule has 3 heterocycles. The molecule has 0 amide bonds. The van der Waals surface area contributed by atoms with Crippen molar-refractivity contribution >= 4 is 28.6 Å². The van der Waals surface area contributed by atoms with Crippen LogP contribution in [0.3, 0.4) is 0 Å². The molecule has 1 aliphatic rings. The van der Waals surface area contributed by atoms with Crippen LogP contribution in [0.1, 0.15) is 25.2 Å². The maximum absolute atomic E-state index is 14.2. The smallest absolute Gasteiger partial charge is 0.184 e. The number of rotatable bonds is 3. The van der Waals surface area contributed by atoms with Crippen LogP contribution in [0.2, 0.25) is 5.02 Å². The van der Waals surface area contributed by atoms with E-state index in [2.05, 4.69) is 25.2 Å². The summed E-state index contributed by atoms with van der Waals surface area (Å²) in [6.45, 7) is 7.46. The Morgan fingerprint density at radius 3 is 2.67 bits per heavy atom. The molecule has 27 heavy (non-hydrogen) atoms. The highest BCUT2D eigenvalue weighted by Crippen LogP contribution is 2.26. The van der Waals surface area contributed by atoms with Gasteiger partial charge >= 0.3 is 0 Å². The lowest BCUT2D eigenvalue weighted by Gasteiger charge is -2.36. The molecule has 7 nitrogen and oxygen atoms in total. The van der Waals surface area contributed by atoms with Gasteiger partial charge in [-0.15, -0.1) is 5.10 Å². The number of aryl methyl sites for hydroxylation is 1. The van der Waals surface area contributed by atoms with Crippen molar-refractivity contribution in [3.63, 3.8) is 0 Å². The topological polar surface area (TPSA) is 69.0 Å². The number of ether oxygens (including phenoxy) is 1. The lowest BCUT2D eigenvalue weighted by molar-refractivity contribution is -0.00539. The molecule has 2 aromatic heterocycles. The summed E-state index contributed by atoms with van der Waals surface area (Å²) in [5, 5.41) is 8.82. The van der Waals surface area contributed by atoms with E-state index in [0.29, 0.717) is 40.7 Å². The number of hydrogen-bond acceptors (Lipinski definition) is 6. The van der Waals surface area contributed by atoms with Crippen LogP contribution < -0.4 is 4.90 Å². The summed E-state index contributed by atoms with van der Waals surface area (Å²) in [4.78, 5) is 11.2. The Labute approximate surface area is 161 Å². The second kappa shape index (κ2) is 7.01. The van der Waals surface area contributed by atoms with Gasteiger partial charge < -0.3 is 9.64 Å². The van der Waals surface area contributed by atoms with E-state index in [1.54, 1.807) is 16.8 Å². The van der Waals surface area contributed by atoms with Crippen LogP contribution in [0.4, 0.5) is 10.2 Å². The molecule has 3 aromatic rings. The molecular formula is C18H20ClFN6O. The van der Waals surface area contributed by atoms with E-state index in [-0.39, 0.29) is 24.6 Å². The van der Waals surface area contributed by atoms with Crippen molar-refractivity contribution in [1.82, 2.24) is 25.0 Å². The van der Waals surface area contributed by atoms with E-state index in [4.69, 9.17) is 16.3 Å². The minimum Gasteiger partial charge on any atom is -0.372 e. The van der Waals surface area contributed by atoms with Gasteiger partial charge in [0.2, 0.25) is 0 Å². The Morgan fingerprint density at radius 2 is 1.96 bits per heavy atom. The SMILES string of the molecule is Cc1nc(N2C[C@@H](C)O[C@@H](C)C2)c2nnn(Cc3c(F)cccc3Cl)c2n1. The average molecular weight is 391 g/mol. The van der Waals surface area contributed by atoms with Crippen molar-refractivity contribution in [3.8, 4) is 0 Å². The number of benzene rings is 1. The molecule has 1 fully saturated rings. The maximum Gasteiger partial charge on any atom is 0.184 e. The maximum atomic E-state index is 14.2. The first kappa shape index (κ1) is 18.1. The Hall–Kier alpha value is -2.32. The number of halogens is 2. The summed E-state index contributed by atoms with van der Waals surface area (Å²) in [6.07, 6.45) is 0.178. The molecule has 0 spiro atoms. The number of nitrogens with zero attached hydrogens (tertiary/aromatic N) is 6. The highest BCUT2D eigenvalue weighted by molar-refractivity contribution is 6.31. The van der Waals surface area contributed by atoms with Crippen molar-refractivity contribution in [3.05, 3.63) is 40.4 Å². The molecule has 0 unspecified atom stereocenters. The molecule has 1 aliphatic heterocycles. The zero-order valence-corrected chi connectivity index (χ0v) is 16.1. The molecule has 1 saturated heterocycles. The monoisotopic (exact) mass is 390 g/mol. The number of hydrogen-bond donors (Lipinski definition) is 0. The summed E-state index contributed by atoms with van der Waals surface area (Å²) in [7, 11) is 0. The van der Waals surface area contributed by atoms with Crippen molar-refractivity contribution in [2.24, 2.45) is 0 Å². The first-order chi connectivity index (χ1) is 12.9. The van der Waals surface area contributed by atoms with Gasteiger partial charge in [0.05, 0.1) is 18.8 Å². The number of morpholine rings is 1. The normalized spacial score (nSPS) is 20.4. The molecule has 0 bridgehead atoms. The second-order valence-electron chi connectivity index (χ2n) is 6.88. The van der Waals surface area contributed by atoms with Gasteiger partial charge in [0, 0.05) is 23.7 Å². The Kier molecular flexibility index (Phi) is 4.69. The van der Waals surface area contributed by atoms with Crippen LogP contribution in [-0.4, -0.2) is 50.3 Å². The lowest BCUT2D eigenvalue weighted by atomic mass is 10.2. The molecule has 4 rings (SSSR count). The molecule has 2 atom stereocenters. The van der Waals surface area contributed by atoms with E-state index < -0.39 is 0 Å². The average Bonchev–Trinajstić information content (AvgIpc) is 2.99. The summed E-state index contributed by atoms with van der Waals surface area (Å²) in [5.74, 6) is 0.950. The molecular weight excluding hydrogens is 371 g/mol. The Bertz CT molecular complexity index is 963. The zero-order valence-electron chi connectivity index (χ0n) is 15.4. The first-order valence-corrected chi connectivity index (χ1v) is 9.21. The lowest BCUT2D eigenvalue weighted by Crippen LogP contribution is -2.46. The molecule has 0 N–H and O–H groups in total. The minimum atomic E-state index is -0.381. The van der Waals surface area contributed by atoms with Gasteiger partial charge in [-0.25, -0.2) is 19.0 Å². The molecule has 1 aromatic carbocycles. The van der Waals surface area contributed by atoms with Crippen LogP contribution in [0.5, 0.6) is 0 Å². The third kappa shape index (κ3) is 3.46. The van der Waals surface area contributed by atoms with Gasteiger partial charge in [0.25, 0.3) is 0 Å². The summed E-state index contributed by atoms with van der Waals surface area (Å²) in [6, 6.07) is 4.61. The van der Waals surface area contributed by atoms with Crippen LogP contribution in [0, 0.1) is 12.7 Å². The van der Waals surface area contributed by atoms with Gasteiger partial charge in [-0.05, 0) is 32.9 Å².